The second-order valence-electron chi connectivity index (χ2n) is 6.14. The zero-order valence-electron chi connectivity index (χ0n) is 14.4. The molecule has 0 spiro atoms. The van der Waals surface area contributed by atoms with Gasteiger partial charge >= 0.3 is 5.97 Å². The molecule has 0 unspecified atom stereocenters. The van der Waals surface area contributed by atoms with Gasteiger partial charge in [0.25, 0.3) is 11.5 Å². The normalized spacial score (nSPS) is 12.9. The maximum atomic E-state index is 12.3. The molecule has 3 aromatic rings. The van der Waals surface area contributed by atoms with Crippen molar-refractivity contribution in [2.24, 2.45) is 0 Å². The Kier molecular flexibility index (Phi) is 4.08. The summed E-state index contributed by atoms with van der Waals surface area (Å²) in [7, 11) is 0. The lowest BCUT2D eigenvalue weighted by molar-refractivity contribution is -0.118. The number of rotatable bonds is 3. The Hall–Kier alpha value is -3.68. The Morgan fingerprint density at radius 2 is 2.11 bits per heavy atom. The fourth-order valence-corrected chi connectivity index (χ4v) is 2.75. The number of amides is 1. The van der Waals surface area contributed by atoms with Gasteiger partial charge in [-0.1, -0.05) is 0 Å². The summed E-state index contributed by atoms with van der Waals surface area (Å²) in [5, 5.41) is 2.65. The summed E-state index contributed by atoms with van der Waals surface area (Å²) in [4.78, 5) is 40.1. The third kappa shape index (κ3) is 3.37. The number of benzene rings is 1. The van der Waals surface area contributed by atoms with Crippen LogP contribution in [0.3, 0.4) is 0 Å². The average Bonchev–Trinajstić information content (AvgIpc) is 2.65. The molecule has 136 valence electrons. The Bertz CT molecular complexity index is 1140. The van der Waals surface area contributed by atoms with Gasteiger partial charge in [-0.3, -0.25) is 14.0 Å². The van der Waals surface area contributed by atoms with E-state index in [1.165, 1.54) is 22.6 Å². The molecule has 0 saturated carbocycles. The standard InChI is InChI=1S/C19H15N3O5/c1-11-4-5-22-16(6-11)20-13(8-18(22)24)9-27-19(25)12-2-3-14-15(7-12)26-10-17(23)21-14/h2-8H,9-10H2,1H3,(H,21,23). The van der Waals surface area contributed by atoms with Crippen LogP contribution in [0.25, 0.3) is 5.65 Å². The Labute approximate surface area is 153 Å². The largest absolute Gasteiger partial charge is 0.482 e. The van der Waals surface area contributed by atoms with E-state index < -0.39 is 5.97 Å². The summed E-state index contributed by atoms with van der Waals surface area (Å²) in [6, 6.07) is 9.54. The molecule has 0 fully saturated rings. The quantitative estimate of drug-likeness (QED) is 0.709. The number of nitrogens with zero attached hydrogens (tertiary/aromatic N) is 2. The molecule has 8 nitrogen and oxygen atoms in total. The van der Waals surface area contributed by atoms with Gasteiger partial charge in [0.2, 0.25) is 0 Å². The fourth-order valence-electron chi connectivity index (χ4n) is 2.75. The zero-order valence-corrected chi connectivity index (χ0v) is 14.4. The first-order chi connectivity index (χ1) is 13.0. The molecule has 1 aliphatic heterocycles. The van der Waals surface area contributed by atoms with Crippen molar-refractivity contribution in [3.8, 4) is 5.75 Å². The van der Waals surface area contributed by atoms with Crippen LogP contribution in [-0.4, -0.2) is 27.9 Å². The first kappa shape index (κ1) is 16.8. The van der Waals surface area contributed by atoms with E-state index in [0.717, 1.165) is 5.56 Å². The maximum Gasteiger partial charge on any atom is 0.338 e. The molecule has 0 bridgehead atoms. The number of esters is 1. The Balaban J connectivity index is 1.52. The van der Waals surface area contributed by atoms with Crippen molar-refractivity contribution in [3.63, 3.8) is 0 Å². The van der Waals surface area contributed by atoms with E-state index in [-0.39, 0.29) is 30.2 Å². The summed E-state index contributed by atoms with van der Waals surface area (Å²) >= 11 is 0. The predicted octanol–water partition coefficient (Wildman–Crippen LogP) is 1.69. The van der Waals surface area contributed by atoms with Crippen molar-refractivity contribution < 1.29 is 19.1 Å². The van der Waals surface area contributed by atoms with Crippen molar-refractivity contribution in [2.75, 3.05) is 11.9 Å². The molecule has 4 rings (SSSR count). The van der Waals surface area contributed by atoms with Crippen LogP contribution in [0.4, 0.5) is 5.69 Å². The number of carbonyl (C=O) groups excluding carboxylic acids is 2. The van der Waals surface area contributed by atoms with Gasteiger partial charge in [-0.05, 0) is 42.8 Å². The number of hydrogen-bond donors (Lipinski definition) is 1. The molecule has 3 heterocycles. The Morgan fingerprint density at radius 3 is 2.96 bits per heavy atom. The lowest BCUT2D eigenvalue weighted by atomic mass is 10.1. The van der Waals surface area contributed by atoms with Crippen LogP contribution in [0.15, 0.2) is 47.4 Å². The van der Waals surface area contributed by atoms with Crippen LogP contribution in [-0.2, 0) is 16.1 Å². The lowest BCUT2D eigenvalue weighted by Crippen LogP contribution is -2.25. The van der Waals surface area contributed by atoms with Gasteiger partial charge in [0.1, 0.15) is 18.0 Å². The van der Waals surface area contributed by atoms with E-state index in [2.05, 4.69) is 10.3 Å². The van der Waals surface area contributed by atoms with Crippen LogP contribution in [0.5, 0.6) is 5.75 Å². The number of carbonyl (C=O) groups is 2. The van der Waals surface area contributed by atoms with Crippen LogP contribution >= 0.6 is 0 Å². The second kappa shape index (κ2) is 6.56. The topological polar surface area (TPSA) is 99.0 Å². The molecule has 27 heavy (non-hydrogen) atoms. The minimum atomic E-state index is -0.579. The molecule has 8 heteroatoms. The first-order valence-corrected chi connectivity index (χ1v) is 8.22. The highest BCUT2D eigenvalue weighted by Gasteiger charge is 2.18. The van der Waals surface area contributed by atoms with Crippen LogP contribution < -0.4 is 15.6 Å². The average molecular weight is 365 g/mol. The highest BCUT2D eigenvalue weighted by molar-refractivity contribution is 5.97. The SMILES string of the molecule is Cc1ccn2c(=O)cc(COC(=O)c3ccc4c(c3)OCC(=O)N4)nc2c1. The molecule has 0 aliphatic carbocycles. The summed E-state index contributed by atoms with van der Waals surface area (Å²) < 4.78 is 12.0. The second-order valence-corrected chi connectivity index (χ2v) is 6.14. The minimum absolute atomic E-state index is 0.101. The third-order valence-electron chi connectivity index (χ3n) is 4.08. The van der Waals surface area contributed by atoms with E-state index in [0.29, 0.717) is 22.8 Å². The van der Waals surface area contributed by atoms with Crippen molar-refractivity contribution in [1.29, 1.82) is 0 Å². The number of hydrogen-bond acceptors (Lipinski definition) is 6. The molecule has 0 atom stereocenters. The van der Waals surface area contributed by atoms with E-state index in [1.807, 2.05) is 13.0 Å². The predicted molar refractivity (Wildman–Crippen MR) is 95.9 cm³/mol. The lowest BCUT2D eigenvalue weighted by Gasteiger charge is -2.18. The molecule has 0 saturated heterocycles. The number of ether oxygens (including phenoxy) is 2. The summed E-state index contributed by atoms with van der Waals surface area (Å²) in [5.74, 6) is -0.423. The van der Waals surface area contributed by atoms with Crippen molar-refractivity contribution in [3.05, 3.63) is 69.8 Å². The Morgan fingerprint density at radius 1 is 1.26 bits per heavy atom. The molecule has 1 aliphatic rings. The molecule has 1 amide bonds. The monoisotopic (exact) mass is 365 g/mol. The van der Waals surface area contributed by atoms with Crippen LogP contribution in [0, 0.1) is 6.92 Å². The van der Waals surface area contributed by atoms with Crippen molar-refractivity contribution >= 4 is 23.2 Å². The van der Waals surface area contributed by atoms with Gasteiger partial charge in [-0.25, -0.2) is 9.78 Å². The third-order valence-corrected chi connectivity index (χ3v) is 4.08. The highest BCUT2D eigenvalue weighted by Crippen LogP contribution is 2.28. The fraction of sp³-hybridized carbons (Fsp3) is 0.158. The number of nitrogens with one attached hydrogen (secondary N) is 1. The molecule has 1 aromatic carbocycles. The first-order valence-electron chi connectivity index (χ1n) is 8.22. The molecule has 1 N–H and O–H groups in total. The molecule has 0 radical (unpaired) electrons. The van der Waals surface area contributed by atoms with Gasteiger partial charge in [-0.2, -0.15) is 0 Å². The smallest absolute Gasteiger partial charge is 0.338 e. The van der Waals surface area contributed by atoms with Gasteiger partial charge in [0.05, 0.1) is 16.9 Å². The summed E-state index contributed by atoms with van der Waals surface area (Å²) in [5.41, 5.74) is 2.36. The van der Waals surface area contributed by atoms with Crippen molar-refractivity contribution in [1.82, 2.24) is 9.38 Å². The number of anilines is 1. The molecule has 2 aromatic heterocycles. The molecular formula is C19H15N3O5. The maximum absolute atomic E-state index is 12.3. The number of aryl methyl sites for hydroxylation is 1. The minimum Gasteiger partial charge on any atom is -0.482 e. The van der Waals surface area contributed by atoms with Crippen LogP contribution in [0.2, 0.25) is 0 Å². The number of fused-ring (bicyclic) bond motifs is 2. The summed E-state index contributed by atoms with van der Waals surface area (Å²) in [6.07, 6.45) is 1.65. The summed E-state index contributed by atoms with van der Waals surface area (Å²) in [6.45, 7) is 1.67. The van der Waals surface area contributed by atoms with Gasteiger partial charge in [0.15, 0.2) is 6.61 Å². The molecular weight excluding hydrogens is 350 g/mol. The van der Waals surface area contributed by atoms with E-state index in [9.17, 15) is 14.4 Å². The number of aromatic nitrogens is 2. The van der Waals surface area contributed by atoms with E-state index in [1.54, 1.807) is 18.3 Å². The highest BCUT2D eigenvalue weighted by atomic mass is 16.5. The zero-order chi connectivity index (χ0) is 19.0. The van der Waals surface area contributed by atoms with Gasteiger partial charge in [-0.15, -0.1) is 0 Å². The van der Waals surface area contributed by atoms with E-state index in [4.69, 9.17) is 9.47 Å². The van der Waals surface area contributed by atoms with E-state index >= 15 is 0 Å². The number of pyridine rings is 1. The van der Waals surface area contributed by atoms with Crippen molar-refractivity contribution in [2.45, 2.75) is 13.5 Å². The van der Waals surface area contributed by atoms with Crippen LogP contribution in [0.1, 0.15) is 21.6 Å². The van der Waals surface area contributed by atoms with Gasteiger partial charge < -0.3 is 14.8 Å². The van der Waals surface area contributed by atoms with Gasteiger partial charge in [0, 0.05) is 12.3 Å².